The zero-order chi connectivity index (χ0) is 14.3. The van der Waals surface area contributed by atoms with E-state index in [-0.39, 0.29) is 11.8 Å². The van der Waals surface area contributed by atoms with Crippen LogP contribution in [0.1, 0.15) is 40.5 Å². The van der Waals surface area contributed by atoms with Crippen LogP contribution in [-0.2, 0) is 9.59 Å². The fourth-order valence-electron chi connectivity index (χ4n) is 1.45. The van der Waals surface area contributed by atoms with E-state index in [9.17, 15) is 9.59 Å². The van der Waals surface area contributed by atoms with Crippen LogP contribution in [0.25, 0.3) is 0 Å². The number of rotatable bonds is 8. The van der Waals surface area contributed by atoms with Crippen molar-refractivity contribution in [2.75, 3.05) is 0 Å². The van der Waals surface area contributed by atoms with E-state index in [0.29, 0.717) is 12.8 Å². The highest BCUT2D eigenvalue weighted by Crippen LogP contribution is 2.13. The van der Waals surface area contributed by atoms with Gasteiger partial charge in [0.1, 0.15) is 0 Å². The number of hydrogen-bond donors (Lipinski definition) is 2. The van der Waals surface area contributed by atoms with Crippen molar-refractivity contribution < 1.29 is 19.8 Å². The van der Waals surface area contributed by atoms with Crippen molar-refractivity contribution in [2.24, 2.45) is 22.1 Å². The Morgan fingerprint density at radius 3 is 1.28 bits per heavy atom. The molecule has 0 spiro atoms. The molecule has 0 aromatic heterocycles. The molecule has 18 heavy (non-hydrogen) atoms. The van der Waals surface area contributed by atoms with Crippen molar-refractivity contribution in [2.45, 2.75) is 52.6 Å². The van der Waals surface area contributed by atoms with Gasteiger partial charge in [0.25, 0.3) is 0 Å². The third-order valence-electron chi connectivity index (χ3n) is 2.30. The van der Waals surface area contributed by atoms with Gasteiger partial charge in [0.2, 0.25) is 0 Å². The van der Waals surface area contributed by atoms with Crippen LogP contribution in [0.3, 0.4) is 0 Å². The lowest BCUT2D eigenvalue weighted by atomic mass is 10.0. The van der Waals surface area contributed by atoms with E-state index in [1.54, 1.807) is 0 Å². The fraction of sp³-hybridized carbons (Fsp3) is 0.833. The van der Waals surface area contributed by atoms with Gasteiger partial charge < -0.3 is 10.2 Å². The maximum Gasteiger partial charge on any atom is 0.330 e. The molecule has 0 aliphatic carbocycles. The molecule has 0 aromatic rings. The summed E-state index contributed by atoms with van der Waals surface area (Å²) in [6.07, 6.45) is 0.708. The third kappa shape index (κ3) is 6.98. The van der Waals surface area contributed by atoms with Crippen LogP contribution >= 0.6 is 0 Å². The molecule has 2 atom stereocenters. The van der Waals surface area contributed by atoms with Crippen LogP contribution < -0.4 is 0 Å². The normalized spacial score (nSPS) is 15.2. The highest BCUT2D eigenvalue weighted by molar-refractivity contribution is 5.74. The molecule has 6 nitrogen and oxygen atoms in total. The summed E-state index contributed by atoms with van der Waals surface area (Å²) in [6.45, 7) is 7.53. The largest absolute Gasteiger partial charge is 0.480 e. The highest BCUT2D eigenvalue weighted by Gasteiger charge is 2.22. The van der Waals surface area contributed by atoms with Crippen molar-refractivity contribution >= 4 is 11.9 Å². The average molecular weight is 258 g/mol. The van der Waals surface area contributed by atoms with Gasteiger partial charge >= 0.3 is 11.9 Å². The van der Waals surface area contributed by atoms with Crippen molar-refractivity contribution in [1.82, 2.24) is 0 Å². The summed E-state index contributed by atoms with van der Waals surface area (Å²) in [5.74, 6) is -1.81. The number of azo groups is 1. The van der Waals surface area contributed by atoms with Crippen LogP contribution in [-0.4, -0.2) is 34.2 Å². The Morgan fingerprint density at radius 2 is 1.11 bits per heavy atom. The second-order valence-corrected chi connectivity index (χ2v) is 5.20. The topological polar surface area (TPSA) is 99.3 Å². The molecule has 104 valence electrons. The quantitative estimate of drug-likeness (QED) is 0.653. The van der Waals surface area contributed by atoms with Crippen LogP contribution in [0.5, 0.6) is 0 Å². The van der Waals surface area contributed by atoms with E-state index in [0.717, 1.165) is 0 Å². The standard InChI is InChI=1S/C12H22N2O4/c1-7(2)5-9(11(15)16)13-14-10(12(17)18)6-8(3)4/h7-10H,5-6H2,1-4H3,(H,15,16)(H,17,18)/b14-13+. The number of carboxylic acid groups (broad SMARTS) is 2. The Balaban J connectivity index is 4.70. The average Bonchev–Trinajstić information content (AvgIpc) is 2.20. The Morgan fingerprint density at radius 1 is 0.833 bits per heavy atom. The Labute approximate surface area is 107 Å². The maximum atomic E-state index is 10.9. The molecule has 0 saturated heterocycles. The van der Waals surface area contributed by atoms with Gasteiger partial charge in [-0.1, -0.05) is 27.7 Å². The van der Waals surface area contributed by atoms with Crippen molar-refractivity contribution in [3.05, 3.63) is 0 Å². The zero-order valence-electron chi connectivity index (χ0n) is 11.3. The van der Waals surface area contributed by atoms with E-state index in [4.69, 9.17) is 10.2 Å². The molecule has 0 saturated carbocycles. The summed E-state index contributed by atoms with van der Waals surface area (Å²) in [4.78, 5) is 21.9. The van der Waals surface area contributed by atoms with Gasteiger partial charge in [-0.3, -0.25) is 0 Å². The summed E-state index contributed by atoms with van der Waals surface area (Å²) < 4.78 is 0. The highest BCUT2D eigenvalue weighted by atomic mass is 16.4. The smallest absolute Gasteiger partial charge is 0.330 e. The third-order valence-corrected chi connectivity index (χ3v) is 2.30. The van der Waals surface area contributed by atoms with Crippen molar-refractivity contribution in [3.8, 4) is 0 Å². The molecule has 0 heterocycles. The Bertz CT molecular complexity index is 283. The van der Waals surface area contributed by atoms with E-state index >= 15 is 0 Å². The van der Waals surface area contributed by atoms with Crippen LogP contribution in [0.2, 0.25) is 0 Å². The predicted octanol–water partition coefficient (Wildman–Crippen LogP) is 2.44. The zero-order valence-corrected chi connectivity index (χ0v) is 11.3. The molecule has 0 amide bonds. The van der Waals surface area contributed by atoms with Gasteiger partial charge in [0, 0.05) is 0 Å². The molecule has 0 bridgehead atoms. The first-order valence-corrected chi connectivity index (χ1v) is 6.09. The predicted molar refractivity (Wildman–Crippen MR) is 66.6 cm³/mol. The molecular formula is C12H22N2O4. The van der Waals surface area contributed by atoms with Gasteiger partial charge in [-0.25, -0.2) is 9.59 Å². The lowest BCUT2D eigenvalue weighted by Crippen LogP contribution is -2.23. The van der Waals surface area contributed by atoms with Gasteiger partial charge in [0.15, 0.2) is 12.1 Å². The number of carboxylic acids is 2. The van der Waals surface area contributed by atoms with Crippen molar-refractivity contribution in [3.63, 3.8) is 0 Å². The second kappa shape index (κ2) is 7.79. The summed E-state index contributed by atoms with van der Waals surface area (Å²) >= 11 is 0. The minimum Gasteiger partial charge on any atom is -0.480 e. The number of hydrogen-bond acceptors (Lipinski definition) is 4. The lowest BCUT2D eigenvalue weighted by Gasteiger charge is -2.12. The molecule has 0 rings (SSSR count). The van der Waals surface area contributed by atoms with Gasteiger partial charge in [-0.15, -0.1) is 0 Å². The first-order chi connectivity index (χ1) is 8.23. The lowest BCUT2D eigenvalue weighted by molar-refractivity contribution is -0.141. The maximum absolute atomic E-state index is 10.9. The first kappa shape index (κ1) is 16.5. The first-order valence-electron chi connectivity index (χ1n) is 6.09. The summed E-state index contributed by atoms with van der Waals surface area (Å²) in [7, 11) is 0. The Kier molecular flexibility index (Phi) is 7.16. The summed E-state index contributed by atoms with van der Waals surface area (Å²) in [5.41, 5.74) is 0. The number of carbonyl (C=O) groups is 2. The summed E-state index contributed by atoms with van der Waals surface area (Å²) in [5, 5.41) is 25.3. The molecular weight excluding hydrogens is 236 g/mol. The van der Waals surface area contributed by atoms with Gasteiger partial charge in [-0.2, -0.15) is 10.2 Å². The monoisotopic (exact) mass is 258 g/mol. The van der Waals surface area contributed by atoms with E-state index in [2.05, 4.69) is 10.2 Å². The van der Waals surface area contributed by atoms with Crippen LogP contribution in [0.4, 0.5) is 0 Å². The van der Waals surface area contributed by atoms with E-state index in [1.165, 1.54) is 0 Å². The van der Waals surface area contributed by atoms with E-state index < -0.39 is 24.0 Å². The summed E-state index contributed by atoms with van der Waals surface area (Å²) in [6, 6.07) is -1.92. The minimum absolute atomic E-state index is 0.165. The molecule has 2 N–H and O–H groups in total. The van der Waals surface area contributed by atoms with Crippen LogP contribution in [0, 0.1) is 11.8 Å². The second-order valence-electron chi connectivity index (χ2n) is 5.20. The molecule has 0 fully saturated rings. The molecule has 6 heteroatoms. The molecule has 0 aliphatic heterocycles. The molecule has 0 aromatic carbocycles. The van der Waals surface area contributed by atoms with Gasteiger partial charge in [-0.05, 0) is 24.7 Å². The van der Waals surface area contributed by atoms with Crippen molar-refractivity contribution in [1.29, 1.82) is 0 Å². The van der Waals surface area contributed by atoms with Crippen LogP contribution in [0.15, 0.2) is 10.2 Å². The van der Waals surface area contributed by atoms with E-state index in [1.807, 2.05) is 27.7 Å². The molecule has 0 aliphatic rings. The number of nitrogens with zero attached hydrogens (tertiary/aromatic N) is 2. The minimum atomic E-state index is -1.07. The molecule has 2 unspecified atom stereocenters. The number of aliphatic carboxylic acids is 2. The van der Waals surface area contributed by atoms with Gasteiger partial charge in [0.05, 0.1) is 0 Å². The fourth-order valence-corrected chi connectivity index (χ4v) is 1.45. The Hall–Kier alpha value is -1.46. The SMILES string of the molecule is CC(C)CC(/N=N/C(CC(C)C)C(=O)O)C(=O)O. The molecule has 0 radical (unpaired) electrons.